The van der Waals surface area contributed by atoms with Crippen molar-refractivity contribution in [2.45, 2.75) is 38.0 Å². The molecule has 5 nitrogen and oxygen atoms in total. The zero-order valence-electron chi connectivity index (χ0n) is 16.6. The van der Waals surface area contributed by atoms with Crippen LogP contribution in [-0.4, -0.2) is 30.5 Å². The number of carbonyl (C=O) groups is 2. The quantitative estimate of drug-likeness (QED) is 0.654. The average molecular weight is 429 g/mol. The fourth-order valence-corrected chi connectivity index (χ4v) is 5.43. The molecule has 1 atom stereocenters. The number of anilines is 1. The van der Waals surface area contributed by atoms with Gasteiger partial charge in [-0.05, 0) is 37.1 Å². The van der Waals surface area contributed by atoms with E-state index in [0.717, 1.165) is 21.8 Å². The standard InChI is InChI=1S/C22H24N2O3S2/c1-3-27-21(26)19-16-9-11-22(14-23,15-7-5-4-6-8-15)13-17(16)29-20(19)24-18(25)10-12-28-2/h4-8H,3,9-13H2,1-2H3,(H,24,25)/t22-/m0/s1. The van der Waals surface area contributed by atoms with Crippen molar-refractivity contribution in [1.82, 2.24) is 0 Å². The van der Waals surface area contributed by atoms with Crippen LogP contribution in [0.1, 0.15) is 46.1 Å². The van der Waals surface area contributed by atoms with Gasteiger partial charge in [-0.2, -0.15) is 17.0 Å². The minimum absolute atomic E-state index is 0.113. The van der Waals surface area contributed by atoms with Crippen molar-refractivity contribution >= 4 is 40.0 Å². The molecule has 1 amide bonds. The molecule has 0 radical (unpaired) electrons. The second kappa shape index (κ2) is 9.47. The summed E-state index contributed by atoms with van der Waals surface area (Å²) in [6.07, 6.45) is 4.09. The number of ether oxygens (including phenoxy) is 1. The van der Waals surface area contributed by atoms with Crippen LogP contribution in [0.25, 0.3) is 0 Å². The smallest absolute Gasteiger partial charge is 0.341 e. The Morgan fingerprint density at radius 1 is 1.34 bits per heavy atom. The number of fused-ring (bicyclic) bond motifs is 1. The van der Waals surface area contributed by atoms with E-state index >= 15 is 0 Å². The number of amides is 1. The van der Waals surface area contributed by atoms with Gasteiger partial charge >= 0.3 is 5.97 Å². The van der Waals surface area contributed by atoms with Crippen LogP contribution in [0, 0.1) is 11.3 Å². The van der Waals surface area contributed by atoms with Crippen LogP contribution < -0.4 is 5.32 Å². The van der Waals surface area contributed by atoms with Gasteiger partial charge in [0, 0.05) is 23.5 Å². The third kappa shape index (κ3) is 4.49. The molecule has 152 valence electrons. The normalized spacial score (nSPS) is 17.8. The van der Waals surface area contributed by atoms with Gasteiger partial charge in [-0.3, -0.25) is 4.79 Å². The maximum atomic E-state index is 12.7. The number of thiophene rings is 1. The third-order valence-corrected chi connectivity index (χ3v) is 6.92. The summed E-state index contributed by atoms with van der Waals surface area (Å²) in [5, 5.41) is 13.5. The number of nitriles is 1. The molecule has 0 fully saturated rings. The maximum Gasteiger partial charge on any atom is 0.341 e. The van der Waals surface area contributed by atoms with Crippen molar-refractivity contribution in [3.8, 4) is 6.07 Å². The van der Waals surface area contributed by atoms with Gasteiger partial charge in [-0.1, -0.05) is 30.3 Å². The summed E-state index contributed by atoms with van der Waals surface area (Å²) in [5.74, 6) is 0.199. The Hall–Kier alpha value is -2.30. The van der Waals surface area contributed by atoms with E-state index in [9.17, 15) is 14.9 Å². The van der Waals surface area contributed by atoms with Crippen LogP contribution in [0.4, 0.5) is 5.00 Å². The number of rotatable bonds is 7. The van der Waals surface area contributed by atoms with Crippen LogP contribution in [-0.2, 0) is 27.8 Å². The Balaban J connectivity index is 1.98. The van der Waals surface area contributed by atoms with Crippen molar-refractivity contribution in [3.05, 3.63) is 51.9 Å². The van der Waals surface area contributed by atoms with Crippen molar-refractivity contribution in [2.75, 3.05) is 23.9 Å². The molecule has 29 heavy (non-hydrogen) atoms. The van der Waals surface area contributed by atoms with E-state index in [4.69, 9.17) is 4.74 Å². The van der Waals surface area contributed by atoms with E-state index in [1.807, 2.05) is 36.6 Å². The number of hydrogen-bond acceptors (Lipinski definition) is 6. The first-order valence-corrected chi connectivity index (χ1v) is 11.8. The van der Waals surface area contributed by atoms with E-state index in [0.29, 0.717) is 36.2 Å². The lowest BCUT2D eigenvalue weighted by molar-refractivity contribution is -0.115. The van der Waals surface area contributed by atoms with Gasteiger partial charge < -0.3 is 10.1 Å². The molecular formula is C22H24N2O3S2. The minimum atomic E-state index is -0.620. The van der Waals surface area contributed by atoms with Crippen molar-refractivity contribution in [2.24, 2.45) is 0 Å². The summed E-state index contributed by atoms with van der Waals surface area (Å²) >= 11 is 3.00. The van der Waals surface area contributed by atoms with Crippen LogP contribution in [0.2, 0.25) is 0 Å². The fourth-order valence-electron chi connectivity index (χ4n) is 3.67. The SMILES string of the molecule is CCOC(=O)c1c(NC(=O)CCSC)sc2c1CC[C@](C#N)(c1ccccc1)C2. The third-order valence-electron chi connectivity index (χ3n) is 5.16. The highest BCUT2D eigenvalue weighted by molar-refractivity contribution is 7.98. The Morgan fingerprint density at radius 2 is 2.10 bits per heavy atom. The van der Waals surface area contributed by atoms with E-state index in [2.05, 4.69) is 11.4 Å². The summed E-state index contributed by atoms with van der Waals surface area (Å²) in [6.45, 7) is 2.04. The molecule has 3 rings (SSSR count). The van der Waals surface area contributed by atoms with Gasteiger partial charge in [0.1, 0.15) is 5.00 Å². The average Bonchev–Trinajstić information content (AvgIpc) is 3.09. The molecule has 0 saturated carbocycles. The summed E-state index contributed by atoms with van der Waals surface area (Å²) in [4.78, 5) is 25.9. The molecule has 0 saturated heterocycles. The number of carbonyl (C=O) groups excluding carboxylic acids is 2. The highest BCUT2D eigenvalue weighted by Gasteiger charge is 2.40. The van der Waals surface area contributed by atoms with Gasteiger partial charge in [0.25, 0.3) is 0 Å². The number of nitrogens with one attached hydrogen (secondary N) is 1. The number of hydrogen-bond donors (Lipinski definition) is 1. The molecule has 1 aromatic heterocycles. The molecule has 0 unspecified atom stereocenters. The van der Waals surface area contributed by atoms with Gasteiger partial charge in [-0.25, -0.2) is 4.79 Å². The van der Waals surface area contributed by atoms with Crippen LogP contribution >= 0.6 is 23.1 Å². The van der Waals surface area contributed by atoms with Crippen molar-refractivity contribution in [1.29, 1.82) is 5.26 Å². The van der Waals surface area contributed by atoms with Gasteiger partial charge in [0.05, 0.1) is 23.7 Å². The van der Waals surface area contributed by atoms with E-state index < -0.39 is 11.4 Å². The molecule has 1 aromatic carbocycles. The van der Waals surface area contributed by atoms with Crippen molar-refractivity contribution < 1.29 is 14.3 Å². The first-order chi connectivity index (χ1) is 14.0. The van der Waals surface area contributed by atoms with E-state index in [-0.39, 0.29) is 12.5 Å². The highest BCUT2D eigenvalue weighted by Crippen LogP contribution is 2.45. The lowest BCUT2D eigenvalue weighted by Crippen LogP contribution is -2.31. The molecule has 0 aliphatic heterocycles. The lowest BCUT2D eigenvalue weighted by Gasteiger charge is -2.31. The summed E-state index contributed by atoms with van der Waals surface area (Å²) in [6, 6.07) is 12.3. The molecule has 1 aliphatic carbocycles. The van der Waals surface area contributed by atoms with E-state index in [1.165, 1.54) is 11.3 Å². The van der Waals surface area contributed by atoms with Crippen molar-refractivity contribution in [3.63, 3.8) is 0 Å². The topological polar surface area (TPSA) is 79.2 Å². The molecule has 1 heterocycles. The second-order valence-electron chi connectivity index (χ2n) is 6.96. The monoisotopic (exact) mass is 428 g/mol. The van der Waals surface area contributed by atoms with Crippen LogP contribution in [0.15, 0.2) is 30.3 Å². The Labute approximate surface area is 179 Å². The summed E-state index contributed by atoms with van der Waals surface area (Å²) < 4.78 is 5.27. The summed E-state index contributed by atoms with van der Waals surface area (Å²) in [7, 11) is 0. The number of thioether (sulfide) groups is 1. The molecule has 0 spiro atoms. The Bertz CT molecular complexity index is 934. The zero-order valence-corrected chi connectivity index (χ0v) is 18.3. The summed E-state index contributed by atoms with van der Waals surface area (Å²) in [5.41, 5.74) is 1.75. The lowest BCUT2D eigenvalue weighted by atomic mass is 9.70. The molecule has 7 heteroatoms. The predicted octanol–water partition coefficient (Wildman–Crippen LogP) is 4.57. The Kier molecular flexibility index (Phi) is 6.99. The highest BCUT2D eigenvalue weighted by atomic mass is 32.2. The predicted molar refractivity (Wildman–Crippen MR) is 118 cm³/mol. The van der Waals surface area contributed by atoms with Crippen LogP contribution in [0.5, 0.6) is 0 Å². The second-order valence-corrected chi connectivity index (χ2v) is 9.05. The first kappa shape index (κ1) is 21.4. The minimum Gasteiger partial charge on any atom is -0.462 e. The fraction of sp³-hybridized carbons (Fsp3) is 0.409. The van der Waals surface area contributed by atoms with Crippen LogP contribution in [0.3, 0.4) is 0 Å². The van der Waals surface area contributed by atoms with E-state index in [1.54, 1.807) is 18.7 Å². The molecule has 1 N–H and O–H groups in total. The number of nitrogens with zero attached hydrogens (tertiary/aromatic N) is 1. The van der Waals surface area contributed by atoms with Gasteiger partial charge in [-0.15, -0.1) is 11.3 Å². The number of benzene rings is 1. The molecule has 0 bridgehead atoms. The first-order valence-electron chi connectivity index (χ1n) is 9.62. The Morgan fingerprint density at radius 3 is 2.76 bits per heavy atom. The van der Waals surface area contributed by atoms with Gasteiger partial charge in [0.2, 0.25) is 5.91 Å². The number of esters is 1. The maximum absolute atomic E-state index is 12.7. The molecule has 2 aromatic rings. The van der Waals surface area contributed by atoms with Gasteiger partial charge in [0.15, 0.2) is 0 Å². The molecule has 1 aliphatic rings. The molecular weight excluding hydrogens is 404 g/mol. The largest absolute Gasteiger partial charge is 0.462 e. The zero-order chi connectivity index (χ0) is 20.9.